The molecule has 0 aliphatic rings. The van der Waals surface area contributed by atoms with Crippen LogP contribution in [0.25, 0.3) is 0 Å². The monoisotopic (exact) mass is 502 g/mol. The van der Waals surface area contributed by atoms with Gasteiger partial charge in [0.1, 0.15) is 11.5 Å². The molecular weight excluding hydrogens is 444 g/mol. The van der Waals surface area contributed by atoms with Crippen molar-refractivity contribution in [2.24, 2.45) is 10.8 Å². The van der Waals surface area contributed by atoms with Gasteiger partial charge in [-0.3, -0.25) is 0 Å². The van der Waals surface area contributed by atoms with Gasteiger partial charge in [-0.1, -0.05) is 96.1 Å². The van der Waals surface area contributed by atoms with Crippen LogP contribution in [-0.2, 0) is 15.6 Å². The highest BCUT2D eigenvalue weighted by Gasteiger charge is 2.28. The maximum Gasteiger partial charge on any atom is 0.343 e. The lowest BCUT2D eigenvalue weighted by molar-refractivity contribution is 0.0625. The first-order chi connectivity index (χ1) is 15.9. The van der Waals surface area contributed by atoms with Crippen LogP contribution in [0.4, 0.5) is 0 Å². The molecule has 36 heavy (non-hydrogen) atoms. The fourth-order valence-corrected chi connectivity index (χ4v) is 2.59. The second-order valence-corrected chi connectivity index (χ2v) is 13.8. The number of hydrogen-bond acceptors (Lipinski definition) is 3. The normalized spacial score (nSPS) is 12.0. The lowest BCUT2D eigenvalue weighted by Gasteiger charge is -2.27. The third-order valence-corrected chi connectivity index (χ3v) is 4.38. The number of esters is 1. The maximum atomic E-state index is 12.3. The van der Waals surface area contributed by atoms with E-state index in [1.807, 2.05) is 54.5 Å². The van der Waals surface area contributed by atoms with Gasteiger partial charge in [0.05, 0.1) is 5.56 Å². The zero-order valence-electron chi connectivity index (χ0n) is 26.4. The Morgan fingerprint density at radius 3 is 1.39 bits per heavy atom. The first-order valence-electron chi connectivity index (χ1n) is 12.8. The Labute approximate surface area is 224 Å². The average Bonchev–Trinajstić information content (AvgIpc) is 2.66. The van der Waals surface area contributed by atoms with Gasteiger partial charge in [-0.25, -0.2) is 4.79 Å². The van der Waals surface area contributed by atoms with Gasteiger partial charge in [-0.2, -0.15) is 0 Å². The van der Waals surface area contributed by atoms with Crippen molar-refractivity contribution in [2.75, 3.05) is 0 Å². The van der Waals surface area contributed by atoms with Crippen LogP contribution in [0.2, 0.25) is 0 Å². The van der Waals surface area contributed by atoms with Crippen LogP contribution in [0.1, 0.15) is 132 Å². The summed E-state index contributed by atoms with van der Waals surface area (Å²) in [5.74, 6) is 0.429. The number of rotatable bonds is 3. The SMILES string of the molecule is C/C=C(\C)OC(=O)c1cc(C(C)(C)C)c(O)c(C(C)(C)C)c1.C=C.C=CCC(C)(C)C.CC(C)(C)C. The summed E-state index contributed by atoms with van der Waals surface area (Å²) >= 11 is 0. The topological polar surface area (TPSA) is 46.5 Å². The Morgan fingerprint density at radius 1 is 0.861 bits per heavy atom. The van der Waals surface area contributed by atoms with E-state index in [0.29, 0.717) is 22.2 Å². The van der Waals surface area contributed by atoms with Crippen molar-refractivity contribution in [3.8, 4) is 5.75 Å². The second-order valence-electron chi connectivity index (χ2n) is 13.8. The summed E-state index contributed by atoms with van der Waals surface area (Å²) in [6.07, 6.45) is 4.81. The molecule has 0 saturated carbocycles. The molecule has 0 amide bonds. The van der Waals surface area contributed by atoms with E-state index < -0.39 is 5.97 Å². The Hall–Kier alpha value is -2.29. The summed E-state index contributed by atoms with van der Waals surface area (Å²) in [6.45, 7) is 40.7. The molecule has 0 radical (unpaired) electrons. The van der Waals surface area contributed by atoms with Gasteiger partial charge in [0.25, 0.3) is 0 Å². The number of phenolic OH excluding ortho intramolecular Hbond substituents is 1. The van der Waals surface area contributed by atoms with Crippen LogP contribution in [-0.4, -0.2) is 11.1 Å². The Bertz CT molecular complexity index is 789. The molecule has 0 bridgehead atoms. The summed E-state index contributed by atoms with van der Waals surface area (Å²) in [6, 6.07) is 3.46. The maximum absolute atomic E-state index is 12.3. The largest absolute Gasteiger partial charge is 0.507 e. The summed E-state index contributed by atoms with van der Waals surface area (Å²) in [4.78, 5) is 12.3. The van der Waals surface area contributed by atoms with Crippen molar-refractivity contribution in [3.63, 3.8) is 0 Å². The van der Waals surface area contributed by atoms with E-state index in [1.165, 1.54) is 0 Å². The summed E-state index contributed by atoms with van der Waals surface area (Å²) in [7, 11) is 0. The molecule has 0 unspecified atom stereocenters. The van der Waals surface area contributed by atoms with E-state index in [2.05, 4.69) is 68.2 Å². The van der Waals surface area contributed by atoms with Crippen LogP contribution < -0.4 is 0 Å². The minimum Gasteiger partial charge on any atom is -0.507 e. The molecule has 0 atom stereocenters. The van der Waals surface area contributed by atoms with Crippen molar-refractivity contribution in [1.82, 2.24) is 0 Å². The molecule has 0 aliphatic carbocycles. The van der Waals surface area contributed by atoms with E-state index in [9.17, 15) is 9.90 Å². The first-order valence-corrected chi connectivity index (χ1v) is 12.8. The zero-order valence-corrected chi connectivity index (χ0v) is 26.4. The predicted molar refractivity (Wildman–Crippen MR) is 161 cm³/mol. The summed E-state index contributed by atoms with van der Waals surface area (Å²) in [5.41, 5.74) is 2.37. The van der Waals surface area contributed by atoms with E-state index >= 15 is 0 Å². The Kier molecular flexibility index (Phi) is 16.7. The number of ether oxygens (including phenoxy) is 1. The van der Waals surface area contributed by atoms with Crippen LogP contribution in [0.15, 0.2) is 49.8 Å². The van der Waals surface area contributed by atoms with E-state index in [4.69, 9.17) is 4.74 Å². The lowest BCUT2D eigenvalue weighted by atomic mass is 9.78. The number of carbonyl (C=O) groups excluding carboxylic acids is 1. The van der Waals surface area contributed by atoms with Crippen LogP contribution >= 0.6 is 0 Å². The highest BCUT2D eigenvalue weighted by molar-refractivity contribution is 5.91. The van der Waals surface area contributed by atoms with Gasteiger partial charge < -0.3 is 9.84 Å². The summed E-state index contributed by atoms with van der Waals surface area (Å²) < 4.78 is 5.30. The van der Waals surface area contributed by atoms with Crippen molar-refractivity contribution in [1.29, 1.82) is 0 Å². The quantitative estimate of drug-likeness (QED) is 0.254. The van der Waals surface area contributed by atoms with Gasteiger partial charge in [0.15, 0.2) is 0 Å². The van der Waals surface area contributed by atoms with Crippen molar-refractivity contribution in [3.05, 3.63) is 66.5 Å². The molecule has 3 nitrogen and oxygen atoms in total. The van der Waals surface area contributed by atoms with Gasteiger partial charge in [-0.05, 0) is 60.1 Å². The molecule has 1 N–H and O–H groups in total. The lowest BCUT2D eigenvalue weighted by Crippen LogP contribution is -2.19. The molecule has 1 aromatic rings. The average molecular weight is 503 g/mol. The number of benzene rings is 1. The van der Waals surface area contributed by atoms with Crippen LogP contribution in [0, 0.1) is 10.8 Å². The number of aromatic hydroxyl groups is 1. The predicted octanol–water partition coefficient (Wildman–Crippen LogP) is 10.5. The molecular formula is C33H58O3. The molecule has 208 valence electrons. The molecule has 0 spiro atoms. The number of allylic oxidation sites excluding steroid dienone is 3. The number of phenols is 1. The van der Waals surface area contributed by atoms with Crippen molar-refractivity contribution in [2.45, 2.75) is 121 Å². The van der Waals surface area contributed by atoms with E-state index in [0.717, 1.165) is 17.5 Å². The minimum atomic E-state index is -0.397. The van der Waals surface area contributed by atoms with Gasteiger partial charge in [-0.15, -0.1) is 19.7 Å². The smallest absolute Gasteiger partial charge is 0.343 e. The number of hydrogen-bond donors (Lipinski definition) is 1. The Balaban J connectivity index is -0.000000639. The molecule has 0 fully saturated rings. The molecule has 0 saturated heterocycles. The van der Waals surface area contributed by atoms with E-state index in [-0.39, 0.29) is 16.6 Å². The van der Waals surface area contributed by atoms with Crippen molar-refractivity contribution < 1.29 is 14.6 Å². The minimum absolute atomic E-state index is 0.263. The molecule has 1 rings (SSSR count). The second kappa shape index (κ2) is 15.7. The van der Waals surface area contributed by atoms with Gasteiger partial charge in [0, 0.05) is 11.1 Å². The van der Waals surface area contributed by atoms with E-state index in [1.54, 1.807) is 25.1 Å². The highest BCUT2D eigenvalue weighted by Crippen LogP contribution is 2.40. The third kappa shape index (κ3) is 19.0. The zero-order chi connectivity index (χ0) is 29.7. The standard InChI is InChI=1S/C19H28O3.C7H14.C5H12.C2H4/c1-9-12(2)22-17(21)13-10-14(18(3,4)5)16(20)15(11-13)19(6,7)8;1-5-6-7(2,3)4;1-5(2,3)4;1-2/h9-11,20H,1-8H3;5H,1,6H2,2-4H3;1-4H3;1-2H2/b12-9+;;;. The molecule has 3 heteroatoms. The van der Waals surface area contributed by atoms with Crippen molar-refractivity contribution >= 4 is 5.97 Å². The van der Waals surface area contributed by atoms with Gasteiger partial charge >= 0.3 is 5.97 Å². The highest BCUT2D eigenvalue weighted by atomic mass is 16.5. The van der Waals surface area contributed by atoms with Crippen LogP contribution in [0.3, 0.4) is 0 Å². The third-order valence-electron chi connectivity index (χ3n) is 4.38. The summed E-state index contributed by atoms with van der Waals surface area (Å²) in [5, 5.41) is 10.6. The fraction of sp³-hybridized carbons (Fsp3) is 0.606. The molecule has 1 aromatic carbocycles. The fourth-order valence-electron chi connectivity index (χ4n) is 2.59. The van der Waals surface area contributed by atoms with Gasteiger partial charge in [0.2, 0.25) is 0 Å². The molecule has 0 aliphatic heterocycles. The first kappa shape index (κ1) is 38.2. The number of carbonyl (C=O) groups is 1. The van der Waals surface area contributed by atoms with Crippen LogP contribution in [0.5, 0.6) is 5.75 Å². The molecule has 0 heterocycles. The molecule has 0 aromatic heterocycles. The Morgan fingerprint density at radius 2 is 1.19 bits per heavy atom.